The predicted octanol–water partition coefficient (Wildman–Crippen LogP) is 9.03. The first-order chi connectivity index (χ1) is 11.4. The van der Waals surface area contributed by atoms with Crippen molar-refractivity contribution >= 4 is 0 Å². The van der Waals surface area contributed by atoms with Gasteiger partial charge in [0.2, 0.25) is 0 Å². The molecule has 0 radical (unpaired) electrons. The molecule has 4 rings (SSSR count). The van der Waals surface area contributed by atoms with Gasteiger partial charge in [0.1, 0.15) is 0 Å². The Labute approximate surface area is 155 Å². The molecule has 0 aromatic rings. The molecular weight excluding hydrogens is 288 g/mol. The molecule has 0 heterocycles. The summed E-state index contributed by atoms with van der Waals surface area (Å²) in [5.41, 5.74) is 0. The van der Waals surface area contributed by atoms with Gasteiger partial charge in [-0.1, -0.05) is 131 Å². The van der Waals surface area contributed by atoms with Crippen molar-refractivity contribution in [2.45, 2.75) is 131 Å². The van der Waals surface area contributed by atoms with Crippen LogP contribution in [-0.2, 0) is 0 Å². The van der Waals surface area contributed by atoms with Crippen molar-refractivity contribution < 1.29 is 0 Å². The molecule has 0 aliphatic heterocycles. The van der Waals surface area contributed by atoms with Crippen LogP contribution >= 0.6 is 0 Å². The highest BCUT2D eigenvalue weighted by atomic mass is 14.3. The van der Waals surface area contributed by atoms with Gasteiger partial charge in [-0.15, -0.1) is 0 Å². The van der Waals surface area contributed by atoms with Crippen molar-refractivity contribution in [2.24, 2.45) is 23.7 Å². The topological polar surface area (TPSA) is 0 Å². The molecule has 4 aliphatic rings. The van der Waals surface area contributed by atoms with Crippen LogP contribution in [0.25, 0.3) is 0 Å². The van der Waals surface area contributed by atoms with Gasteiger partial charge < -0.3 is 0 Å². The zero-order valence-electron chi connectivity index (χ0n) is 16.9. The molecule has 0 aromatic carbocycles. The average molecular weight is 339 g/mol. The van der Waals surface area contributed by atoms with Crippen LogP contribution in [0.5, 0.6) is 0 Å². The Kier molecular flexibility index (Phi) is 15.3. The number of rotatable bonds is 0. The minimum absolute atomic E-state index is 0. The summed E-state index contributed by atoms with van der Waals surface area (Å²) >= 11 is 0. The van der Waals surface area contributed by atoms with E-state index in [0.29, 0.717) is 0 Å². The van der Waals surface area contributed by atoms with Crippen LogP contribution in [0.15, 0.2) is 0 Å². The Morgan fingerprint density at radius 3 is 0.708 bits per heavy atom. The van der Waals surface area contributed by atoms with E-state index in [1.807, 2.05) is 27.7 Å². The van der Waals surface area contributed by atoms with Crippen molar-refractivity contribution in [1.82, 2.24) is 0 Å². The van der Waals surface area contributed by atoms with Gasteiger partial charge in [0.25, 0.3) is 0 Å². The van der Waals surface area contributed by atoms with Gasteiger partial charge in [0, 0.05) is 0 Å². The lowest BCUT2D eigenvalue weighted by atomic mass is 9.71. The van der Waals surface area contributed by atoms with E-state index in [-0.39, 0.29) is 7.43 Å². The molecule has 0 aromatic heterocycles. The summed E-state index contributed by atoms with van der Waals surface area (Å²) in [6, 6.07) is 0. The first kappa shape index (κ1) is 24.0. The molecule has 0 spiro atoms. The van der Waals surface area contributed by atoms with Crippen LogP contribution in [0.4, 0.5) is 0 Å². The van der Waals surface area contributed by atoms with E-state index < -0.39 is 0 Å². The normalized spacial score (nSPS) is 33.5. The van der Waals surface area contributed by atoms with Crippen LogP contribution in [0.3, 0.4) is 0 Å². The SMILES string of the molecule is C.C1CCC2CCCC2C1.C1CCC2CCCCC2C1.CC.CC. The first-order valence-corrected chi connectivity index (χ1v) is 11.4. The van der Waals surface area contributed by atoms with Crippen LogP contribution in [0.1, 0.15) is 131 Å². The van der Waals surface area contributed by atoms with Gasteiger partial charge in [0.05, 0.1) is 0 Å². The summed E-state index contributed by atoms with van der Waals surface area (Å²) in [7, 11) is 0. The second-order valence-electron chi connectivity index (χ2n) is 7.82. The minimum atomic E-state index is 0. The smallest absolute Gasteiger partial charge is 0.0386 e. The van der Waals surface area contributed by atoms with Gasteiger partial charge in [0.15, 0.2) is 0 Å². The third-order valence-corrected chi connectivity index (χ3v) is 6.68. The van der Waals surface area contributed by atoms with Crippen molar-refractivity contribution in [3.8, 4) is 0 Å². The van der Waals surface area contributed by atoms with Gasteiger partial charge >= 0.3 is 0 Å². The van der Waals surface area contributed by atoms with Gasteiger partial charge in [-0.05, 0) is 23.7 Å². The molecule has 0 nitrogen and oxygen atoms in total. The number of hydrogen-bond acceptors (Lipinski definition) is 0. The quantitative estimate of drug-likeness (QED) is 0.413. The highest BCUT2D eigenvalue weighted by Gasteiger charge is 2.29. The van der Waals surface area contributed by atoms with Crippen LogP contribution in [0, 0.1) is 23.7 Å². The zero-order chi connectivity index (χ0) is 16.9. The van der Waals surface area contributed by atoms with Gasteiger partial charge in [-0.25, -0.2) is 0 Å². The van der Waals surface area contributed by atoms with Crippen LogP contribution in [0.2, 0.25) is 0 Å². The van der Waals surface area contributed by atoms with E-state index in [4.69, 9.17) is 0 Å². The lowest BCUT2D eigenvalue weighted by Crippen LogP contribution is -2.22. The minimum Gasteiger partial charge on any atom is -0.0776 e. The third kappa shape index (κ3) is 7.92. The van der Waals surface area contributed by atoms with Gasteiger partial charge in [-0.2, -0.15) is 0 Å². The van der Waals surface area contributed by atoms with Crippen LogP contribution in [-0.4, -0.2) is 0 Å². The zero-order valence-corrected chi connectivity index (χ0v) is 16.9. The summed E-state index contributed by atoms with van der Waals surface area (Å²) in [6.07, 6.45) is 23.2. The molecule has 4 fully saturated rings. The van der Waals surface area contributed by atoms with Crippen molar-refractivity contribution in [1.29, 1.82) is 0 Å². The maximum Gasteiger partial charge on any atom is -0.0386 e. The molecule has 0 saturated heterocycles. The average Bonchev–Trinajstić information content (AvgIpc) is 3.14. The van der Waals surface area contributed by atoms with E-state index in [9.17, 15) is 0 Å². The van der Waals surface area contributed by atoms with Crippen molar-refractivity contribution in [3.05, 3.63) is 0 Å². The first-order valence-electron chi connectivity index (χ1n) is 11.4. The fourth-order valence-electron chi connectivity index (χ4n) is 5.54. The Morgan fingerprint density at radius 1 is 0.333 bits per heavy atom. The Hall–Kier alpha value is 0. The molecule has 0 heteroatoms. The summed E-state index contributed by atoms with van der Waals surface area (Å²) in [4.78, 5) is 0. The molecule has 4 aliphatic carbocycles. The monoisotopic (exact) mass is 338 g/mol. The predicted molar refractivity (Wildman–Crippen MR) is 113 cm³/mol. The lowest BCUT2D eigenvalue weighted by Gasteiger charge is -2.35. The molecule has 2 unspecified atom stereocenters. The fraction of sp³-hybridized carbons (Fsp3) is 1.00. The largest absolute Gasteiger partial charge is 0.0776 e. The summed E-state index contributed by atoms with van der Waals surface area (Å²) in [6.45, 7) is 8.00. The maximum absolute atomic E-state index is 2.00. The second-order valence-corrected chi connectivity index (χ2v) is 7.82. The molecule has 24 heavy (non-hydrogen) atoms. The number of fused-ring (bicyclic) bond motifs is 2. The highest BCUT2D eigenvalue weighted by molar-refractivity contribution is 4.80. The molecule has 0 N–H and O–H groups in total. The van der Waals surface area contributed by atoms with E-state index in [1.54, 1.807) is 51.4 Å². The van der Waals surface area contributed by atoms with Crippen molar-refractivity contribution in [2.75, 3.05) is 0 Å². The number of hydrogen-bond donors (Lipinski definition) is 0. The second kappa shape index (κ2) is 15.3. The molecular formula is C24H50. The summed E-state index contributed by atoms with van der Waals surface area (Å²) in [5, 5.41) is 0. The maximum atomic E-state index is 2.00. The summed E-state index contributed by atoms with van der Waals surface area (Å²) < 4.78 is 0. The van der Waals surface area contributed by atoms with Gasteiger partial charge in [-0.3, -0.25) is 0 Å². The van der Waals surface area contributed by atoms with E-state index in [1.165, 1.54) is 56.8 Å². The Morgan fingerprint density at radius 2 is 0.500 bits per heavy atom. The lowest BCUT2D eigenvalue weighted by molar-refractivity contribution is 0.171. The van der Waals surface area contributed by atoms with E-state index >= 15 is 0 Å². The Bertz CT molecular complexity index is 219. The Balaban J connectivity index is 0.000000355. The van der Waals surface area contributed by atoms with E-state index in [2.05, 4.69) is 0 Å². The molecule has 4 saturated carbocycles. The third-order valence-electron chi connectivity index (χ3n) is 6.68. The van der Waals surface area contributed by atoms with Crippen LogP contribution < -0.4 is 0 Å². The molecule has 0 bridgehead atoms. The standard InChI is InChI=1S/C10H18.C9H16.2C2H6.CH4/c1-2-6-10-8-4-3-7-9(10)5-1;1-2-5-9-7-3-6-8(9)4-1;2*1-2;/h9-10H,1-8H2;8-9H,1-7H2;2*1-2H3;1H4. The molecule has 0 amide bonds. The van der Waals surface area contributed by atoms with E-state index in [0.717, 1.165) is 11.8 Å². The fourth-order valence-corrected chi connectivity index (χ4v) is 5.54. The molecule has 146 valence electrons. The van der Waals surface area contributed by atoms with Crippen molar-refractivity contribution in [3.63, 3.8) is 0 Å². The molecule has 2 atom stereocenters. The highest BCUT2D eigenvalue weighted by Crippen LogP contribution is 2.42. The summed E-state index contributed by atoms with van der Waals surface area (Å²) in [5.74, 6) is 4.64.